The number of pyridine rings is 2. The first-order chi connectivity index (χ1) is 22.4. The molecule has 1 aliphatic carbocycles. The van der Waals surface area contributed by atoms with Crippen LogP contribution >= 0.6 is 23.2 Å². The fourth-order valence-electron chi connectivity index (χ4n) is 5.92. The molecule has 0 unspecified atom stereocenters. The summed E-state index contributed by atoms with van der Waals surface area (Å²) in [7, 11) is 0. The van der Waals surface area contributed by atoms with Crippen LogP contribution in [0.2, 0.25) is 10.0 Å². The summed E-state index contributed by atoms with van der Waals surface area (Å²) in [4.78, 5) is 47.8. The first-order valence-electron chi connectivity index (χ1n) is 15.2. The summed E-state index contributed by atoms with van der Waals surface area (Å²) in [6, 6.07) is 14.5. The highest BCUT2D eigenvalue weighted by Gasteiger charge is 2.30. The predicted octanol–water partition coefficient (Wildman–Crippen LogP) is 7.60. The topological polar surface area (TPSA) is 138 Å². The highest BCUT2D eigenvalue weighted by molar-refractivity contribution is 6.42. The fraction of sp³-hybridized carbons (Fsp3) is 0.324. The van der Waals surface area contributed by atoms with E-state index in [-0.39, 0.29) is 35.8 Å². The Bertz CT molecular complexity index is 2040. The SMILES string of the molecule is CC(C)(C)OC(=O)NC1CCC(n2c(=O)n(Cc3ccc(Cl)c(Cl)c3)c3nc(Oc4ccc(C(=O)O)cc4)c4cccnc4c32)CC1. The van der Waals surface area contributed by atoms with Crippen molar-refractivity contribution in [1.29, 1.82) is 0 Å². The Morgan fingerprint density at radius 2 is 1.74 bits per heavy atom. The average molecular weight is 679 g/mol. The van der Waals surface area contributed by atoms with Gasteiger partial charge in [0.05, 0.1) is 27.5 Å². The molecule has 1 saturated carbocycles. The molecule has 2 N–H and O–H groups in total. The number of carboxylic acid groups (broad SMARTS) is 1. The highest BCUT2D eigenvalue weighted by Crippen LogP contribution is 2.36. The predicted molar refractivity (Wildman–Crippen MR) is 179 cm³/mol. The van der Waals surface area contributed by atoms with Gasteiger partial charge in [-0.05, 0) is 101 Å². The van der Waals surface area contributed by atoms with Gasteiger partial charge in [0.25, 0.3) is 0 Å². The molecule has 0 bridgehead atoms. The molecule has 47 heavy (non-hydrogen) atoms. The maximum Gasteiger partial charge on any atom is 0.407 e. The molecule has 13 heteroatoms. The number of benzene rings is 2. The fourth-order valence-corrected chi connectivity index (χ4v) is 6.24. The molecule has 5 aromatic rings. The molecule has 0 spiro atoms. The van der Waals surface area contributed by atoms with Crippen molar-refractivity contribution >= 4 is 57.3 Å². The van der Waals surface area contributed by atoms with Gasteiger partial charge in [-0.25, -0.2) is 14.4 Å². The van der Waals surface area contributed by atoms with E-state index in [2.05, 4.69) is 5.32 Å². The van der Waals surface area contributed by atoms with E-state index < -0.39 is 17.7 Å². The number of aromatic carboxylic acids is 1. The number of carboxylic acids is 1. The number of nitrogens with one attached hydrogen (secondary N) is 1. The molecule has 0 saturated heterocycles. The van der Waals surface area contributed by atoms with Gasteiger partial charge in [0.2, 0.25) is 5.88 Å². The molecule has 0 aliphatic heterocycles. The summed E-state index contributed by atoms with van der Waals surface area (Å²) in [5.41, 5.74) is 1.49. The minimum atomic E-state index is -1.05. The van der Waals surface area contributed by atoms with Crippen LogP contribution in [0.3, 0.4) is 0 Å². The van der Waals surface area contributed by atoms with E-state index >= 15 is 0 Å². The molecular weight excluding hydrogens is 645 g/mol. The molecule has 244 valence electrons. The molecule has 3 aromatic heterocycles. The monoisotopic (exact) mass is 677 g/mol. The summed E-state index contributed by atoms with van der Waals surface area (Å²) in [5.74, 6) is -0.456. The largest absolute Gasteiger partial charge is 0.478 e. The number of aromatic nitrogens is 4. The molecule has 1 amide bonds. The second-order valence-corrected chi connectivity index (χ2v) is 13.4. The number of imidazole rings is 1. The molecule has 3 heterocycles. The average Bonchev–Trinajstić information content (AvgIpc) is 3.29. The Kier molecular flexibility index (Phi) is 8.86. The van der Waals surface area contributed by atoms with Gasteiger partial charge >= 0.3 is 17.8 Å². The number of hydrogen-bond donors (Lipinski definition) is 2. The van der Waals surface area contributed by atoms with Crippen molar-refractivity contribution in [3.8, 4) is 11.6 Å². The van der Waals surface area contributed by atoms with E-state index in [0.29, 0.717) is 63.5 Å². The van der Waals surface area contributed by atoms with Crippen molar-refractivity contribution in [2.24, 2.45) is 0 Å². The van der Waals surface area contributed by atoms with Gasteiger partial charge in [0.15, 0.2) is 5.65 Å². The van der Waals surface area contributed by atoms with Crippen LogP contribution in [-0.2, 0) is 11.3 Å². The third-order valence-electron chi connectivity index (χ3n) is 8.04. The quantitative estimate of drug-likeness (QED) is 0.180. The van der Waals surface area contributed by atoms with Crippen molar-refractivity contribution < 1.29 is 24.2 Å². The van der Waals surface area contributed by atoms with Gasteiger partial charge in [0, 0.05) is 18.3 Å². The molecular formula is C34H33Cl2N5O6. The number of hydrogen-bond acceptors (Lipinski definition) is 7. The Labute approximate surface area is 280 Å². The number of carbonyl (C=O) groups excluding carboxylic acids is 1. The smallest absolute Gasteiger partial charge is 0.407 e. The van der Waals surface area contributed by atoms with Crippen LogP contribution in [0.25, 0.3) is 22.1 Å². The van der Waals surface area contributed by atoms with Crippen LogP contribution in [0.1, 0.15) is 68.4 Å². The zero-order valence-corrected chi connectivity index (χ0v) is 27.5. The number of carbonyl (C=O) groups is 2. The third kappa shape index (κ3) is 6.91. The standard InChI is InChI=1S/C34H33Cl2N5O6/c1-34(2,3)47-32(44)38-21-9-11-22(12-10-21)41-28-27-24(5-4-16-37-27)30(46-23-13-7-20(8-14-23)31(42)43)39-29(28)40(33(41)45)18-19-6-15-25(35)26(36)17-19/h4-8,13-17,21-22H,9-12,18H2,1-3H3,(H,38,44)(H,42,43). The summed E-state index contributed by atoms with van der Waals surface area (Å²) in [5, 5.41) is 13.6. The molecule has 1 fully saturated rings. The number of fused-ring (bicyclic) bond motifs is 3. The van der Waals surface area contributed by atoms with Crippen molar-refractivity contribution in [1.82, 2.24) is 24.4 Å². The summed E-state index contributed by atoms with van der Waals surface area (Å²) in [6.07, 6.45) is 3.77. The molecule has 6 rings (SSSR count). The number of amides is 1. The van der Waals surface area contributed by atoms with E-state index in [0.717, 1.165) is 5.56 Å². The molecule has 1 aliphatic rings. The molecule has 11 nitrogen and oxygen atoms in total. The van der Waals surface area contributed by atoms with Crippen LogP contribution in [0.5, 0.6) is 11.6 Å². The summed E-state index contributed by atoms with van der Waals surface area (Å²) >= 11 is 12.5. The van der Waals surface area contributed by atoms with Gasteiger partial charge in [-0.2, -0.15) is 4.98 Å². The van der Waals surface area contributed by atoms with Gasteiger partial charge < -0.3 is 19.9 Å². The zero-order chi connectivity index (χ0) is 33.5. The Morgan fingerprint density at radius 3 is 2.40 bits per heavy atom. The van der Waals surface area contributed by atoms with Crippen molar-refractivity contribution in [3.05, 3.63) is 92.5 Å². The normalized spacial score (nSPS) is 16.7. The van der Waals surface area contributed by atoms with Crippen molar-refractivity contribution in [2.75, 3.05) is 0 Å². The number of alkyl carbamates (subject to hydrolysis) is 1. The molecule has 2 aromatic carbocycles. The maximum atomic E-state index is 14.4. The van der Waals surface area contributed by atoms with E-state index in [1.165, 1.54) is 12.1 Å². The maximum absolute atomic E-state index is 14.4. The van der Waals surface area contributed by atoms with Crippen LogP contribution in [-0.4, -0.2) is 47.9 Å². The Balaban J connectivity index is 1.43. The van der Waals surface area contributed by atoms with Crippen molar-refractivity contribution in [3.63, 3.8) is 0 Å². The minimum absolute atomic E-state index is 0.0816. The zero-order valence-electron chi connectivity index (χ0n) is 26.0. The summed E-state index contributed by atoms with van der Waals surface area (Å²) < 4.78 is 15.0. The number of halogens is 2. The van der Waals surface area contributed by atoms with E-state index in [9.17, 15) is 19.5 Å². The molecule has 0 radical (unpaired) electrons. The van der Waals surface area contributed by atoms with Gasteiger partial charge in [0.1, 0.15) is 22.4 Å². The second-order valence-electron chi connectivity index (χ2n) is 12.6. The number of nitrogens with zero attached hydrogens (tertiary/aromatic N) is 4. The number of ether oxygens (including phenoxy) is 2. The van der Waals surface area contributed by atoms with Crippen LogP contribution in [0, 0.1) is 0 Å². The lowest BCUT2D eigenvalue weighted by atomic mass is 9.91. The van der Waals surface area contributed by atoms with E-state index in [4.69, 9.17) is 42.6 Å². The lowest BCUT2D eigenvalue weighted by molar-refractivity contribution is 0.0487. The second kappa shape index (κ2) is 12.9. The number of rotatable bonds is 7. The molecule has 0 atom stereocenters. The van der Waals surface area contributed by atoms with Gasteiger partial charge in [-0.15, -0.1) is 0 Å². The van der Waals surface area contributed by atoms with Crippen LogP contribution in [0.4, 0.5) is 4.79 Å². The Morgan fingerprint density at radius 1 is 1.02 bits per heavy atom. The van der Waals surface area contributed by atoms with Crippen LogP contribution in [0.15, 0.2) is 65.6 Å². The van der Waals surface area contributed by atoms with E-state index in [1.54, 1.807) is 51.7 Å². The first kappa shape index (κ1) is 32.3. The van der Waals surface area contributed by atoms with Gasteiger partial charge in [-0.1, -0.05) is 29.3 Å². The summed E-state index contributed by atoms with van der Waals surface area (Å²) in [6.45, 7) is 5.62. The van der Waals surface area contributed by atoms with Crippen LogP contribution < -0.4 is 15.7 Å². The van der Waals surface area contributed by atoms with Gasteiger partial charge in [-0.3, -0.25) is 14.1 Å². The third-order valence-corrected chi connectivity index (χ3v) is 8.78. The highest BCUT2D eigenvalue weighted by atomic mass is 35.5. The minimum Gasteiger partial charge on any atom is -0.478 e. The van der Waals surface area contributed by atoms with E-state index in [1.807, 2.05) is 26.8 Å². The lowest BCUT2D eigenvalue weighted by Gasteiger charge is -2.30. The lowest BCUT2D eigenvalue weighted by Crippen LogP contribution is -2.41. The van der Waals surface area contributed by atoms with Crippen molar-refractivity contribution in [2.45, 2.75) is 70.7 Å². The Hall–Kier alpha value is -4.61. The first-order valence-corrected chi connectivity index (χ1v) is 16.0.